The Morgan fingerprint density at radius 3 is 1.45 bits per heavy atom. The number of phenolic OH excluding ortho intramolecular Hbond substituents is 1. The molecule has 0 saturated carbocycles. The van der Waals surface area contributed by atoms with Gasteiger partial charge in [0.25, 0.3) is 46.8 Å². The van der Waals surface area contributed by atoms with E-state index in [9.17, 15) is 54.1 Å². The third-order valence-corrected chi connectivity index (χ3v) is 15.4. The number of aromatic hydroxyl groups is 1. The van der Waals surface area contributed by atoms with Crippen LogP contribution in [0.25, 0.3) is 51.8 Å². The molecule has 85 heavy (non-hydrogen) atoms. The topological polar surface area (TPSA) is 294 Å². The Kier molecular flexibility index (Phi) is 17.4. The molecule has 422 valence electrons. The summed E-state index contributed by atoms with van der Waals surface area (Å²) in [6, 6.07) is 45.1. The monoisotopic (exact) mass is 1540 g/mol. The lowest BCUT2D eigenvalue weighted by molar-refractivity contribution is -0.384. The van der Waals surface area contributed by atoms with Crippen molar-refractivity contribution >= 4 is 177 Å². The molecule has 6 amide bonds. The molecule has 3 saturated heterocycles. The second-order valence-corrected chi connectivity index (χ2v) is 22.6. The third kappa shape index (κ3) is 12.9. The first-order chi connectivity index (χ1) is 40.8. The standard InChI is InChI=1S/2C20H12IN3O5.C19H11BrIN3O3/c21-13-3-7-14(8-4-13)23-20(26)17(19(25)22-23)11-16-9-10-18(29-16)12-1-5-15(6-2-12)24(27)28;21-12-5-7-13(8-6-12)23-20(26)16(19(25)22-23)11-14-9-10-18(29-14)15-3-1-2-4-17(15)24(27)28;20-15-9-10(13-2-1-7-22-16(13)17(15)25)8-14-18(26)23-24(19(14)27)12-5-3-11(21)4-6-12/h2*1-11H,(H,22,25);1-9,25H,(H,23,26)/b17-11+;16-11+;14-8+. The number of non-ortho nitro benzene ring substituents is 1. The van der Waals surface area contributed by atoms with Gasteiger partial charge in [-0.2, -0.15) is 0 Å². The number of nitrogens with zero attached hydrogens (tertiary/aromatic N) is 6. The molecule has 0 radical (unpaired) electrons. The number of pyridine rings is 1. The molecular weight excluding hydrogens is 1500 g/mol. The first-order valence-corrected chi connectivity index (χ1v) is 28.7. The molecule has 6 aromatic carbocycles. The number of furan rings is 2. The maximum Gasteiger partial charge on any atom is 0.282 e. The fraction of sp³-hybridized carbons (Fsp3) is 0. The lowest BCUT2D eigenvalue weighted by Crippen LogP contribution is -2.35. The summed E-state index contributed by atoms with van der Waals surface area (Å²) in [6.45, 7) is 0. The number of para-hydroxylation sites is 1. The summed E-state index contributed by atoms with van der Waals surface area (Å²) < 4.78 is 14.8. The summed E-state index contributed by atoms with van der Waals surface area (Å²) in [5, 5.41) is 36.3. The van der Waals surface area contributed by atoms with Crippen LogP contribution in [0.4, 0.5) is 28.4 Å². The van der Waals surface area contributed by atoms with Gasteiger partial charge in [-0.25, -0.2) is 15.0 Å². The molecule has 0 atom stereocenters. The van der Waals surface area contributed by atoms with Crippen molar-refractivity contribution in [3.63, 3.8) is 0 Å². The minimum Gasteiger partial charge on any atom is -0.505 e. The maximum absolute atomic E-state index is 12.8. The molecule has 3 fully saturated rings. The molecule has 3 aliphatic heterocycles. The number of phenols is 1. The largest absolute Gasteiger partial charge is 0.505 e. The molecule has 6 heterocycles. The van der Waals surface area contributed by atoms with Crippen LogP contribution in [0.5, 0.6) is 5.75 Å². The van der Waals surface area contributed by atoms with Crippen LogP contribution in [0, 0.1) is 30.9 Å². The van der Waals surface area contributed by atoms with Gasteiger partial charge in [-0.1, -0.05) is 18.2 Å². The highest BCUT2D eigenvalue weighted by Crippen LogP contribution is 2.37. The Bertz CT molecular complexity index is 4320. The van der Waals surface area contributed by atoms with Crippen LogP contribution < -0.4 is 31.3 Å². The molecule has 3 aliphatic rings. The minimum atomic E-state index is -0.558. The van der Waals surface area contributed by atoms with Gasteiger partial charge in [0.05, 0.1) is 36.9 Å². The van der Waals surface area contributed by atoms with Crippen LogP contribution in [0.3, 0.4) is 0 Å². The number of amides is 6. The van der Waals surface area contributed by atoms with Crippen LogP contribution in [0.2, 0.25) is 0 Å². The lowest BCUT2D eigenvalue weighted by Gasteiger charge is -2.14. The van der Waals surface area contributed by atoms with Crippen molar-refractivity contribution in [3.8, 4) is 28.4 Å². The average molecular weight is 1540 g/mol. The molecule has 0 spiro atoms. The van der Waals surface area contributed by atoms with Crippen LogP contribution in [-0.4, -0.2) is 55.4 Å². The summed E-state index contributed by atoms with van der Waals surface area (Å²) in [5.74, 6) is -1.71. The molecule has 0 unspecified atom stereocenters. The minimum absolute atomic E-state index is 0.00969. The summed E-state index contributed by atoms with van der Waals surface area (Å²) in [5.41, 5.74) is 11.0. The van der Waals surface area contributed by atoms with Gasteiger partial charge in [0.2, 0.25) is 0 Å². The first kappa shape index (κ1) is 58.8. The molecule has 12 rings (SSSR count). The highest BCUT2D eigenvalue weighted by atomic mass is 127. The van der Waals surface area contributed by atoms with Crippen molar-refractivity contribution in [2.75, 3.05) is 15.0 Å². The van der Waals surface area contributed by atoms with E-state index in [1.54, 1.807) is 115 Å². The summed E-state index contributed by atoms with van der Waals surface area (Å²) >= 11 is 9.75. The zero-order valence-electron chi connectivity index (χ0n) is 42.9. The SMILES string of the molecule is O=C1NN(c2ccc(I)cc2)C(=O)/C1=C/c1cc(Br)c(O)c2ncccc12.O=C1NN(c2ccc(I)cc2)C(=O)/C1=C/c1ccc(-c2ccc([N+](=O)[O-])cc2)o1.O=C1NN(c2ccc(I)cc2)C(=O)/C1=C/c1ccc(-c2ccccc2[N+](=O)[O-])o1. The van der Waals surface area contributed by atoms with Crippen molar-refractivity contribution in [3.05, 3.63) is 239 Å². The van der Waals surface area contributed by atoms with E-state index in [1.807, 2.05) is 36.4 Å². The number of aromatic nitrogens is 1. The van der Waals surface area contributed by atoms with Crippen LogP contribution in [0.1, 0.15) is 17.1 Å². The summed E-state index contributed by atoms with van der Waals surface area (Å²) in [6.07, 6.45) is 5.78. The number of nitro benzene ring substituents is 2. The number of hydrogen-bond acceptors (Lipinski definition) is 14. The zero-order valence-corrected chi connectivity index (χ0v) is 51.0. The van der Waals surface area contributed by atoms with Gasteiger partial charge in [-0.05, 0) is 235 Å². The van der Waals surface area contributed by atoms with Gasteiger partial charge < -0.3 is 13.9 Å². The Morgan fingerprint density at radius 2 is 0.976 bits per heavy atom. The normalized spacial score (nSPS) is 15.2. The van der Waals surface area contributed by atoms with Crippen molar-refractivity contribution in [1.29, 1.82) is 0 Å². The fourth-order valence-corrected chi connectivity index (χ4v) is 10.0. The second kappa shape index (κ2) is 25.2. The van der Waals surface area contributed by atoms with E-state index in [0.29, 0.717) is 60.6 Å². The molecule has 9 aromatic rings. The Balaban J connectivity index is 0.000000142. The Morgan fingerprint density at radius 1 is 0.529 bits per heavy atom. The van der Waals surface area contributed by atoms with Crippen LogP contribution in [0.15, 0.2) is 200 Å². The summed E-state index contributed by atoms with van der Waals surface area (Å²) in [4.78, 5) is 100. The maximum atomic E-state index is 12.8. The van der Waals surface area contributed by atoms with Gasteiger partial charge >= 0.3 is 0 Å². The molecular formula is C59H35BrI3N9O13. The predicted molar refractivity (Wildman–Crippen MR) is 341 cm³/mol. The first-order valence-electron chi connectivity index (χ1n) is 24.6. The van der Waals surface area contributed by atoms with Crippen molar-refractivity contribution in [1.82, 2.24) is 21.3 Å². The van der Waals surface area contributed by atoms with Crippen LogP contribution in [-0.2, 0) is 28.8 Å². The van der Waals surface area contributed by atoms with E-state index >= 15 is 0 Å². The third-order valence-electron chi connectivity index (χ3n) is 12.6. The number of rotatable bonds is 10. The zero-order chi connectivity index (χ0) is 60.2. The molecule has 22 nitrogen and oxygen atoms in total. The number of carbonyl (C=O) groups is 6. The van der Waals surface area contributed by atoms with E-state index in [2.05, 4.69) is 105 Å². The van der Waals surface area contributed by atoms with Crippen molar-refractivity contribution in [2.45, 2.75) is 0 Å². The van der Waals surface area contributed by atoms with Gasteiger partial charge in [0, 0.05) is 46.1 Å². The van der Waals surface area contributed by atoms with E-state index in [4.69, 9.17) is 8.83 Å². The number of carbonyl (C=O) groups excluding carboxylic acids is 6. The number of benzene rings is 6. The number of anilines is 3. The van der Waals surface area contributed by atoms with Gasteiger partial charge in [0.1, 0.15) is 45.3 Å². The number of nitro groups is 2. The predicted octanol–water partition coefficient (Wildman–Crippen LogP) is 11.6. The molecule has 26 heteroatoms. The highest BCUT2D eigenvalue weighted by Gasteiger charge is 2.37. The Labute approximate surface area is 528 Å². The van der Waals surface area contributed by atoms with Gasteiger partial charge in [-0.15, -0.1) is 0 Å². The lowest BCUT2D eigenvalue weighted by atomic mass is 10.0. The van der Waals surface area contributed by atoms with E-state index in [0.717, 1.165) is 15.7 Å². The number of nitrogens with one attached hydrogen (secondary N) is 3. The fourth-order valence-electron chi connectivity index (χ4n) is 8.52. The van der Waals surface area contributed by atoms with Crippen molar-refractivity contribution < 1.29 is 52.6 Å². The molecule has 0 bridgehead atoms. The number of halogens is 4. The molecule has 4 N–H and O–H groups in total. The Hall–Kier alpha value is -9.40. The van der Waals surface area contributed by atoms with Gasteiger partial charge in [0.15, 0.2) is 5.75 Å². The number of fused-ring (bicyclic) bond motifs is 1. The quantitative estimate of drug-likeness (QED) is 0.0326. The smallest absolute Gasteiger partial charge is 0.282 e. The molecule has 0 aliphatic carbocycles. The van der Waals surface area contributed by atoms with Crippen molar-refractivity contribution in [2.24, 2.45) is 0 Å². The highest BCUT2D eigenvalue weighted by molar-refractivity contribution is 14.1. The van der Waals surface area contributed by atoms with Crippen LogP contribution >= 0.6 is 83.7 Å². The van der Waals surface area contributed by atoms with Gasteiger partial charge in [-0.3, -0.25) is 70.3 Å². The molecule has 3 aromatic heterocycles. The van der Waals surface area contributed by atoms with E-state index in [-0.39, 0.29) is 45.4 Å². The van der Waals surface area contributed by atoms with E-state index in [1.165, 1.54) is 46.4 Å². The number of hydrazine groups is 3. The average Bonchev–Trinajstić information content (AvgIpc) is 4.50. The second-order valence-electron chi connectivity index (χ2n) is 18.0. The summed E-state index contributed by atoms with van der Waals surface area (Å²) in [7, 11) is 0. The number of hydrogen-bond donors (Lipinski definition) is 4. The van der Waals surface area contributed by atoms with E-state index < -0.39 is 45.3 Å².